The first kappa shape index (κ1) is 9.79. The van der Waals surface area contributed by atoms with Gasteiger partial charge in [0.1, 0.15) is 0 Å². The minimum atomic E-state index is 0.298. The minimum Gasteiger partial charge on any atom is -0.198 e. The summed E-state index contributed by atoms with van der Waals surface area (Å²) in [6.07, 6.45) is 0.298. The quantitative estimate of drug-likeness (QED) is 0.732. The number of benzene rings is 1. The highest BCUT2D eigenvalue weighted by molar-refractivity contribution is 7.17. The van der Waals surface area contributed by atoms with Crippen molar-refractivity contribution in [2.24, 2.45) is 0 Å². The lowest BCUT2D eigenvalue weighted by molar-refractivity contribution is 1.29. The van der Waals surface area contributed by atoms with E-state index in [1.807, 2.05) is 17.5 Å². The van der Waals surface area contributed by atoms with Gasteiger partial charge < -0.3 is 0 Å². The van der Waals surface area contributed by atoms with Crippen molar-refractivity contribution < 1.29 is 0 Å². The van der Waals surface area contributed by atoms with Crippen molar-refractivity contribution in [1.29, 1.82) is 5.26 Å². The third kappa shape index (κ3) is 1.48. The van der Waals surface area contributed by atoms with Crippen molar-refractivity contribution >= 4 is 44.6 Å². The summed E-state index contributed by atoms with van der Waals surface area (Å²) >= 11 is 13.6. The van der Waals surface area contributed by atoms with Crippen molar-refractivity contribution in [1.82, 2.24) is 0 Å². The number of rotatable bonds is 1. The van der Waals surface area contributed by atoms with E-state index in [1.54, 1.807) is 11.3 Å². The zero-order chi connectivity index (χ0) is 10.1. The van der Waals surface area contributed by atoms with E-state index >= 15 is 0 Å². The average molecular weight is 242 g/mol. The fourth-order valence-corrected chi connectivity index (χ4v) is 2.86. The summed E-state index contributed by atoms with van der Waals surface area (Å²) in [7, 11) is 0. The highest BCUT2D eigenvalue weighted by Crippen LogP contribution is 2.36. The van der Waals surface area contributed by atoms with E-state index in [-0.39, 0.29) is 0 Å². The Kier molecular flexibility index (Phi) is 2.64. The Bertz CT molecular complexity index is 525. The van der Waals surface area contributed by atoms with Crippen LogP contribution >= 0.6 is 34.5 Å². The first-order chi connectivity index (χ1) is 6.74. The minimum absolute atomic E-state index is 0.298. The molecule has 1 aromatic heterocycles. The summed E-state index contributed by atoms with van der Waals surface area (Å²) in [5.74, 6) is 0. The van der Waals surface area contributed by atoms with Gasteiger partial charge in [0.2, 0.25) is 0 Å². The lowest BCUT2D eigenvalue weighted by Gasteiger charge is -2.01. The second-order valence-electron chi connectivity index (χ2n) is 2.82. The summed E-state index contributed by atoms with van der Waals surface area (Å²) in [5.41, 5.74) is 0.831. The molecule has 0 aliphatic heterocycles. The molecular formula is C10H5Cl2NS. The largest absolute Gasteiger partial charge is 0.198 e. The predicted octanol–water partition coefficient (Wildman–Crippen LogP) is 4.27. The van der Waals surface area contributed by atoms with Crippen LogP contribution in [-0.4, -0.2) is 0 Å². The second-order valence-corrected chi connectivity index (χ2v) is 4.54. The number of nitrogens with zero attached hydrogens (tertiary/aromatic N) is 1. The van der Waals surface area contributed by atoms with Gasteiger partial charge in [-0.15, -0.1) is 11.3 Å². The van der Waals surface area contributed by atoms with Gasteiger partial charge in [-0.25, -0.2) is 0 Å². The SMILES string of the molecule is N#CCc1c(Cl)ccc2scc(Cl)c12. The van der Waals surface area contributed by atoms with Gasteiger partial charge in [0, 0.05) is 20.5 Å². The monoisotopic (exact) mass is 241 g/mol. The Morgan fingerprint density at radius 1 is 1.29 bits per heavy atom. The summed E-state index contributed by atoms with van der Waals surface area (Å²) in [6, 6.07) is 5.83. The molecule has 1 nitrogen and oxygen atoms in total. The molecule has 0 N–H and O–H groups in total. The molecule has 0 saturated carbocycles. The van der Waals surface area contributed by atoms with E-state index in [9.17, 15) is 0 Å². The van der Waals surface area contributed by atoms with Crippen LogP contribution < -0.4 is 0 Å². The molecule has 1 aromatic carbocycles. The topological polar surface area (TPSA) is 23.8 Å². The van der Waals surface area contributed by atoms with Crippen LogP contribution in [0.25, 0.3) is 10.1 Å². The van der Waals surface area contributed by atoms with E-state index < -0.39 is 0 Å². The van der Waals surface area contributed by atoms with Gasteiger partial charge >= 0.3 is 0 Å². The van der Waals surface area contributed by atoms with Crippen molar-refractivity contribution in [3.63, 3.8) is 0 Å². The van der Waals surface area contributed by atoms with Gasteiger partial charge in [-0.1, -0.05) is 23.2 Å². The second kappa shape index (κ2) is 3.78. The Morgan fingerprint density at radius 2 is 2.07 bits per heavy atom. The predicted molar refractivity (Wildman–Crippen MR) is 61.2 cm³/mol. The van der Waals surface area contributed by atoms with E-state index in [1.165, 1.54) is 0 Å². The molecule has 14 heavy (non-hydrogen) atoms. The van der Waals surface area contributed by atoms with Gasteiger partial charge in [-0.2, -0.15) is 5.26 Å². The zero-order valence-electron chi connectivity index (χ0n) is 7.05. The fourth-order valence-electron chi connectivity index (χ4n) is 1.39. The maximum Gasteiger partial charge on any atom is 0.0670 e. The van der Waals surface area contributed by atoms with Gasteiger partial charge in [0.25, 0.3) is 0 Å². The van der Waals surface area contributed by atoms with Gasteiger partial charge in [-0.3, -0.25) is 0 Å². The molecule has 0 fully saturated rings. The first-order valence-corrected chi connectivity index (χ1v) is 5.58. The zero-order valence-corrected chi connectivity index (χ0v) is 9.38. The molecule has 0 amide bonds. The Hall–Kier alpha value is -0.750. The maximum atomic E-state index is 8.68. The molecule has 0 radical (unpaired) electrons. The Labute approximate surface area is 95.5 Å². The Balaban J connectivity index is 2.81. The lowest BCUT2D eigenvalue weighted by atomic mass is 10.1. The molecular weight excluding hydrogens is 237 g/mol. The van der Waals surface area contributed by atoms with Gasteiger partial charge in [0.15, 0.2) is 0 Å². The number of halogens is 2. The van der Waals surface area contributed by atoms with Gasteiger partial charge in [0.05, 0.1) is 17.5 Å². The molecule has 0 atom stereocenters. The van der Waals surface area contributed by atoms with E-state index in [0.29, 0.717) is 16.5 Å². The van der Waals surface area contributed by atoms with Crippen LogP contribution in [0.2, 0.25) is 10.0 Å². The summed E-state index contributed by atoms with van der Waals surface area (Å²) in [4.78, 5) is 0. The summed E-state index contributed by atoms with van der Waals surface area (Å²) in [5, 5.41) is 12.8. The molecule has 0 aliphatic rings. The Morgan fingerprint density at radius 3 is 2.79 bits per heavy atom. The highest BCUT2D eigenvalue weighted by atomic mass is 35.5. The van der Waals surface area contributed by atoms with Crippen LogP contribution in [0.3, 0.4) is 0 Å². The number of fused-ring (bicyclic) bond motifs is 1. The number of hydrogen-bond acceptors (Lipinski definition) is 2. The van der Waals surface area contributed by atoms with E-state index in [2.05, 4.69) is 6.07 Å². The van der Waals surface area contributed by atoms with Crippen molar-refractivity contribution in [2.75, 3.05) is 0 Å². The van der Waals surface area contributed by atoms with Gasteiger partial charge in [-0.05, 0) is 17.7 Å². The third-order valence-electron chi connectivity index (χ3n) is 2.00. The molecule has 4 heteroatoms. The normalized spacial score (nSPS) is 10.4. The van der Waals surface area contributed by atoms with Crippen LogP contribution in [0.15, 0.2) is 17.5 Å². The fraction of sp³-hybridized carbons (Fsp3) is 0.100. The van der Waals surface area contributed by atoms with E-state index in [0.717, 1.165) is 15.6 Å². The standard InChI is InChI=1S/C10H5Cl2NS/c11-7-1-2-9-10(6(7)3-4-13)8(12)5-14-9/h1-2,5H,3H2. The number of thiophene rings is 1. The number of nitriles is 1. The highest BCUT2D eigenvalue weighted by Gasteiger charge is 2.10. The molecule has 2 aromatic rings. The number of hydrogen-bond donors (Lipinski definition) is 0. The molecule has 0 bridgehead atoms. The molecule has 0 aliphatic carbocycles. The molecule has 0 saturated heterocycles. The van der Waals surface area contributed by atoms with Crippen LogP contribution in [-0.2, 0) is 6.42 Å². The average Bonchev–Trinajstić information content (AvgIpc) is 2.53. The first-order valence-electron chi connectivity index (χ1n) is 3.95. The maximum absolute atomic E-state index is 8.68. The smallest absolute Gasteiger partial charge is 0.0670 e. The molecule has 70 valence electrons. The van der Waals surface area contributed by atoms with Crippen LogP contribution in [0, 0.1) is 11.3 Å². The molecule has 0 unspecified atom stereocenters. The van der Waals surface area contributed by atoms with Crippen molar-refractivity contribution in [3.05, 3.63) is 33.1 Å². The van der Waals surface area contributed by atoms with Crippen molar-refractivity contribution in [2.45, 2.75) is 6.42 Å². The molecule has 1 heterocycles. The van der Waals surface area contributed by atoms with Crippen LogP contribution in [0.5, 0.6) is 0 Å². The van der Waals surface area contributed by atoms with E-state index in [4.69, 9.17) is 28.5 Å². The summed E-state index contributed by atoms with van der Waals surface area (Å²) < 4.78 is 1.07. The third-order valence-corrected chi connectivity index (χ3v) is 3.73. The molecule has 0 spiro atoms. The van der Waals surface area contributed by atoms with Crippen molar-refractivity contribution in [3.8, 4) is 6.07 Å². The van der Waals surface area contributed by atoms with Crippen LogP contribution in [0.4, 0.5) is 0 Å². The van der Waals surface area contributed by atoms with Crippen LogP contribution in [0.1, 0.15) is 5.56 Å². The molecule has 2 rings (SSSR count). The lowest BCUT2D eigenvalue weighted by Crippen LogP contribution is -1.84. The summed E-state index contributed by atoms with van der Waals surface area (Å²) in [6.45, 7) is 0.